The Balaban J connectivity index is 2.40. The van der Waals surface area contributed by atoms with Gasteiger partial charge in [-0.15, -0.1) is 0 Å². The number of nitrogens with one attached hydrogen (secondary N) is 1. The average molecular weight is 275 g/mol. The number of benzene rings is 1. The number of hydrogen-bond donors (Lipinski definition) is 1. The van der Waals surface area contributed by atoms with Crippen molar-refractivity contribution in [3.05, 3.63) is 35.6 Å². The molecule has 1 atom stereocenters. The molecule has 20 heavy (non-hydrogen) atoms. The van der Waals surface area contributed by atoms with Crippen molar-refractivity contribution in [2.24, 2.45) is 0 Å². The van der Waals surface area contributed by atoms with Crippen LogP contribution in [0.4, 0.5) is 0 Å². The molecule has 0 aliphatic carbocycles. The Morgan fingerprint density at radius 2 is 2.00 bits per heavy atom. The van der Waals surface area contributed by atoms with E-state index in [1.165, 1.54) is 5.56 Å². The van der Waals surface area contributed by atoms with Crippen LogP contribution in [0.15, 0.2) is 28.7 Å². The molecule has 2 rings (SSSR count). The van der Waals surface area contributed by atoms with Gasteiger partial charge in [-0.05, 0) is 52.4 Å². The maximum absolute atomic E-state index is 6.03. The van der Waals surface area contributed by atoms with Gasteiger partial charge < -0.3 is 14.5 Å². The summed E-state index contributed by atoms with van der Waals surface area (Å²) < 4.78 is 11.9. The van der Waals surface area contributed by atoms with Crippen LogP contribution in [0.1, 0.15) is 45.1 Å². The molecule has 3 heteroatoms. The van der Waals surface area contributed by atoms with E-state index in [1.54, 1.807) is 0 Å². The Morgan fingerprint density at radius 3 is 2.65 bits per heavy atom. The molecule has 0 aliphatic heterocycles. The Bertz CT molecular complexity index is 571. The summed E-state index contributed by atoms with van der Waals surface area (Å²) in [5.41, 5.74) is 1.86. The minimum Gasteiger partial charge on any atom is -0.459 e. The lowest BCUT2D eigenvalue weighted by atomic mass is 9.95. The van der Waals surface area contributed by atoms with Gasteiger partial charge in [0, 0.05) is 12.0 Å². The van der Waals surface area contributed by atoms with E-state index in [-0.39, 0.29) is 11.6 Å². The molecule has 1 aromatic carbocycles. The summed E-state index contributed by atoms with van der Waals surface area (Å²) in [5, 5.41) is 4.63. The van der Waals surface area contributed by atoms with Crippen LogP contribution in [0, 0.1) is 6.92 Å². The fraction of sp³-hybridized carbons (Fsp3) is 0.529. The number of ether oxygens (including phenoxy) is 1. The van der Waals surface area contributed by atoms with Gasteiger partial charge >= 0.3 is 0 Å². The Morgan fingerprint density at radius 1 is 1.25 bits per heavy atom. The van der Waals surface area contributed by atoms with Gasteiger partial charge in [-0.3, -0.25) is 0 Å². The van der Waals surface area contributed by atoms with Gasteiger partial charge in [-0.25, -0.2) is 0 Å². The molecular weight excluding hydrogens is 250 g/mol. The van der Waals surface area contributed by atoms with Gasteiger partial charge in [-0.2, -0.15) is 0 Å². The second kappa shape index (κ2) is 5.98. The topological polar surface area (TPSA) is 34.4 Å². The first-order valence-electron chi connectivity index (χ1n) is 7.35. The first-order valence-corrected chi connectivity index (χ1v) is 7.35. The SMILES string of the molecule is CCNC(c1cc2cc(C)ccc2o1)C(C)(C)OCC. The van der Waals surface area contributed by atoms with Crippen LogP contribution < -0.4 is 5.32 Å². The highest BCUT2D eigenvalue weighted by atomic mass is 16.5. The number of furan rings is 1. The van der Waals surface area contributed by atoms with Gasteiger partial charge in [0.2, 0.25) is 0 Å². The largest absolute Gasteiger partial charge is 0.459 e. The van der Waals surface area contributed by atoms with E-state index < -0.39 is 0 Å². The van der Waals surface area contributed by atoms with E-state index in [1.807, 2.05) is 13.0 Å². The van der Waals surface area contributed by atoms with Crippen LogP contribution in [0.25, 0.3) is 11.0 Å². The van der Waals surface area contributed by atoms with Crippen molar-refractivity contribution in [1.82, 2.24) is 5.32 Å². The monoisotopic (exact) mass is 275 g/mol. The molecule has 1 heterocycles. The maximum Gasteiger partial charge on any atom is 0.134 e. The summed E-state index contributed by atoms with van der Waals surface area (Å²) in [6.07, 6.45) is 0. The van der Waals surface area contributed by atoms with Crippen molar-refractivity contribution in [3.63, 3.8) is 0 Å². The minimum absolute atomic E-state index is 0.0418. The Kier molecular flexibility index (Phi) is 4.51. The van der Waals surface area contributed by atoms with E-state index in [2.05, 4.69) is 51.2 Å². The third-order valence-electron chi connectivity index (χ3n) is 3.60. The fourth-order valence-electron chi connectivity index (χ4n) is 2.67. The van der Waals surface area contributed by atoms with Crippen molar-refractivity contribution in [2.75, 3.05) is 13.2 Å². The summed E-state index contributed by atoms with van der Waals surface area (Å²) in [6, 6.07) is 8.42. The molecule has 0 spiro atoms. The minimum atomic E-state index is -0.312. The van der Waals surface area contributed by atoms with E-state index in [0.29, 0.717) is 6.61 Å². The molecule has 110 valence electrons. The molecule has 1 unspecified atom stereocenters. The predicted octanol–water partition coefficient (Wildman–Crippen LogP) is 4.21. The van der Waals surface area contributed by atoms with Crippen LogP contribution in [-0.2, 0) is 4.74 Å². The van der Waals surface area contributed by atoms with Gasteiger partial charge in [0.05, 0.1) is 11.6 Å². The number of likely N-dealkylation sites (N-methyl/N-ethyl adjacent to an activating group) is 1. The average Bonchev–Trinajstić information content (AvgIpc) is 2.77. The predicted molar refractivity (Wildman–Crippen MR) is 83.1 cm³/mol. The third kappa shape index (κ3) is 3.05. The molecule has 0 aliphatic rings. The fourth-order valence-corrected chi connectivity index (χ4v) is 2.67. The van der Waals surface area contributed by atoms with Gasteiger partial charge in [-0.1, -0.05) is 18.6 Å². The summed E-state index contributed by atoms with van der Waals surface area (Å²) in [6.45, 7) is 12.0. The molecule has 0 saturated heterocycles. The van der Waals surface area contributed by atoms with Crippen LogP contribution in [0.5, 0.6) is 0 Å². The Hall–Kier alpha value is -1.32. The number of rotatable bonds is 6. The first kappa shape index (κ1) is 15.1. The van der Waals surface area contributed by atoms with Crippen LogP contribution in [0.3, 0.4) is 0 Å². The zero-order valence-electron chi connectivity index (χ0n) is 13.1. The molecule has 1 N–H and O–H groups in total. The lowest BCUT2D eigenvalue weighted by Crippen LogP contribution is -2.41. The van der Waals surface area contributed by atoms with Crippen LogP contribution in [0.2, 0.25) is 0 Å². The zero-order valence-corrected chi connectivity index (χ0v) is 13.1. The third-order valence-corrected chi connectivity index (χ3v) is 3.60. The lowest BCUT2D eigenvalue weighted by Gasteiger charge is -2.33. The molecule has 1 aromatic heterocycles. The Labute approximate surface area is 121 Å². The normalized spacial score (nSPS) is 13.8. The summed E-state index contributed by atoms with van der Waals surface area (Å²) in [5.74, 6) is 0.936. The molecule has 0 radical (unpaired) electrons. The maximum atomic E-state index is 6.03. The molecule has 0 bridgehead atoms. The smallest absolute Gasteiger partial charge is 0.134 e. The van der Waals surface area contributed by atoms with E-state index in [0.717, 1.165) is 23.3 Å². The van der Waals surface area contributed by atoms with Crippen molar-refractivity contribution >= 4 is 11.0 Å². The van der Waals surface area contributed by atoms with Crippen molar-refractivity contribution < 1.29 is 9.15 Å². The number of fused-ring (bicyclic) bond motifs is 1. The van der Waals surface area contributed by atoms with Crippen molar-refractivity contribution in [1.29, 1.82) is 0 Å². The summed E-state index contributed by atoms with van der Waals surface area (Å²) in [7, 11) is 0. The van der Waals surface area contributed by atoms with Crippen molar-refractivity contribution in [2.45, 2.75) is 46.3 Å². The van der Waals surface area contributed by atoms with Gasteiger partial charge in [0.25, 0.3) is 0 Å². The van der Waals surface area contributed by atoms with Crippen LogP contribution >= 0.6 is 0 Å². The highest BCUT2D eigenvalue weighted by molar-refractivity contribution is 5.78. The zero-order chi connectivity index (χ0) is 14.8. The number of hydrogen-bond acceptors (Lipinski definition) is 3. The van der Waals surface area contributed by atoms with E-state index in [9.17, 15) is 0 Å². The summed E-state index contributed by atoms with van der Waals surface area (Å²) in [4.78, 5) is 0. The molecular formula is C17H25NO2. The standard InChI is InChI=1S/C17H25NO2/c1-6-18-16(17(4,5)19-7-2)15-11-13-10-12(3)8-9-14(13)20-15/h8-11,16,18H,6-7H2,1-5H3. The summed E-state index contributed by atoms with van der Waals surface area (Å²) >= 11 is 0. The molecule has 0 saturated carbocycles. The van der Waals surface area contributed by atoms with Crippen LogP contribution in [-0.4, -0.2) is 18.8 Å². The molecule has 3 nitrogen and oxygen atoms in total. The van der Waals surface area contributed by atoms with Gasteiger partial charge in [0.15, 0.2) is 0 Å². The first-order chi connectivity index (χ1) is 9.47. The second-order valence-electron chi connectivity index (χ2n) is 5.72. The molecule has 0 amide bonds. The molecule has 0 fully saturated rings. The number of aryl methyl sites for hydroxylation is 1. The lowest BCUT2D eigenvalue weighted by molar-refractivity contribution is -0.0433. The van der Waals surface area contributed by atoms with E-state index >= 15 is 0 Å². The quantitative estimate of drug-likeness (QED) is 0.857. The van der Waals surface area contributed by atoms with E-state index in [4.69, 9.17) is 9.15 Å². The highest BCUT2D eigenvalue weighted by Gasteiger charge is 2.33. The highest BCUT2D eigenvalue weighted by Crippen LogP contribution is 2.33. The van der Waals surface area contributed by atoms with Gasteiger partial charge in [0.1, 0.15) is 11.3 Å². The second-order valence-corrected chi connectivity index (χ2v) is 5.72. The molecule has 2 aromatic rings. The van der Waals surface area contributed by atoms with Crippen molar-refractivity contribution in [3.8, 4) is 0 Å².